The Morgan fingerprint density at radius 1 is 1.18 bits per heavy atom. The first-order valence-corrected chi connectivity index (χ1v) is 9.90. The number of halogens is 4. The number of aromatic nitrogens is 4. The fraction of sp³-hybridized carbons (Fsp3) is 0.188. The standard InChI is InChI=1S/C16H12ClF3N4O3S/c1-28(25,26)12-2-3-14(13(8-12)16(18,19)20)27-11-5-9(4-10(17)7-11)6-15-21-23-24-22-15/h2-5,7-8H,6H2,1H3,(H,21,22,23,24). The van der Waals surface area contributed by atoms with E-state index in [9.17, 15) is 21.6 Å². The zero-order valence-electron chi connectivity index (χ0n) is 14.2. The molecule has 12 heteroatoms. The van der Waals surface area contributed by atoms with Gasteiger partial charge in [0, 0.05) is 17.7 Å². The molecule has 148 valence electrons. The second-order valence-corrected chi connectivity index (χ2v) is 8.30. The normalized spacial score (nSPS) is 12.2. The molecule has 7 nitrogen and oxygen atoms in total. The lowest BCUT2D eigenvalue weighted by Crippen LogP contribution is -2.09. The van der Waals surface area contributed by atoms with Gasteiger partial charge < -0.3 is 4.74 Å². The van der Waals surface area contributed by atoms with Crippen LogP contribution in [-0.2, 0) is 22.4 Å². The summed E-state index contributed by atoms with van der Waals surface area (Å²) < 4.78 is 68.7. The summed E-state index contributed by atoms with van der Waals surface area (Å²) in [5, 5.41) is 13.4. The number of hydrogen-bond acceptors (Lipinski definition) is 6. The quantitative estimate of drug-likeness (QED) is 0.660. The maximum absolute atomic E-state index is 13.4. The number of aromatic amines is 1. The number of H-pyrrole nitrogens is 1. The maximum Gasteiger partial charge on any atom is 0.420 e. The number of sulfone groups is 1. The van der Waals surface area contributed by atoms with Gasteiger partial charge in [0.15, 0.2) is 15.7 Å². The monoisotopic (exact) mass is 432 g/mol. The molecule has 0 aliphatic carbocycles. The van der Waals surface area contributed by atoms with Gasteiger partial charge in [-0.25, -0.2) is 13.5 Å². The molecule has 1 heterocycles. The minimum absolute atomic E-state index is 0.0487. The van der Waals surface area contributed by atoms with Crippen molar-refractivity contribution in [3.05, 3.63) is 58.4 Å². The van der Waals surface area contributed by atoms with Crippen LogP contribution in [0, 0.1) is 0 Å². The number of tetrazole rings is 1. The second-order valence-electron chi connectivity index (χ2n) is 5.85. The van der Waals surface area contributed by atoms with Crippen LogP contribution in [0.2, 0.25) is 5.02 Å². The fourth-order valence-electron chi connectivity index (χ4n) is 2.41. The van der Waals surface area contributed by atoms with Gasteiger partial charge in [-0.3, -0.25) is 0 Å². The lowest BCUT2D eigenvalue weighted by atomic mass is 10.1. The summed E-state index contributed by atoms with van der Waals surface area (Å²) in [5.74, 6) is -0.0660. The van der Waals surface area contributed by atoms with Gasteiger partial charge in [-0.15, -0.1) is 5.10 Å². The summed E-state index contributed by atoms with van der Waals surface area (Å²) in [6.07, 6.45) is -3.74. The average Bonchev–Trinajstić information content (AvgIpc) is 3.05. The highest BCUT2D eigenvalue weighted by molar-refractivity contribution is 7.90. The van der Waals surface area contributed by atoms with E-state index in [0.29, 0.717) is 17.5 Å². The first-order chi connectivity index (χ1) is 13.0. The summed E-state index contributed by atoms with van der Waals surface area (Å²) in [7, 11) is -3.82. The molecule has 1 N–H and O–H groups in total. The van der Waals surface area contributed by atoms with E-state index in [1.165, 1.54) is 12.1 Å². The molecule has 28 heavy (non-hydrogen) atoms. The van der Waals surface area contributed by atoms with E-state index in [0.717, 1.165) is 18.4 Å². The Bertz CT molecular complexity index is 1100. The van der Waals surface area contributed by atoms with Crippen molar-refractivity contribution in [2.45, 2.75) is 17.5 Å². The van der Waals surface area contributed by atoms with Crippen LogP contribution in [0.3, 0.4) is 0 Å². The average molecular weight is 433 g/mol. The van der Waals surface area contributed by atoms with Crippen molar-refractivity contribution in [1.29, 1.82) is 0 Å². The Kier molecular flexibility index (Phi) is 5.31. The Balaban J connectivity index is 1.98. The smallest absolute Gasteiger partial charge is 0.420 e. The van der Waals surface area contributed by atoms with Crippen molar-refractivity contribution < 1.29 is 26.3 Å². The van der Waals surface area contributed by atoms with Crippen LogP contribution in [0.25, 0.3) is 0 Å². The molecule has 0 aliphatic rings. The second kappa shape index (κ2) is 7.40. The Morgan fingerprint density at radius 3 is 2.54 bits per heavy atom. The van der Waals surface area contributed by atoms with Gasteiger partial charge in [-0.2, -0.15) is 13.2 Å². The molecule has 0 amide bonds. The van der Waals surface area contributed by atoms with Crippen molar-refractivity contribution >= 4 is 21.4 Å². The van der Waals surface area contributed by atoms with E-state index in [-0.39, 0.29) is 17.2 Å². The molecule has 0 unspecified atom stereocenters. The minimum atomic E-state index is -4.82. The van der Waals surface area contributed by atoms with Gasteiger partial charge in [-0.05, 0) is 52.4 Å². The molecule has 0 fully saturated rings. The lowest BCUT2D eigenvalue weighted by Gasteiger charge is -2.15. The molecular formula is C16H12ClF3N4O3S. The fourth-order valence-corrected chi connectivity index (χ4v) is 3.30. The highest BCUT2D eigenvalue weighted by atomic mass is 35.5. The van der Waals surface area contributed by atoms with Crippen LogP contribution in [-0.4, -0.2) is 35.3 Å². The number of alkyl halides is 3. The molecule has 0 saturated carbocycles. The third kappa shape index (κ3) is 4.78. The molecule has 0 bridgehead atoms. The van der Waals surface area contributed by atoms with E-state index in [2.05, 4.69) is 20.6 Å². The van der Waals surface area contributed by atoms with Crippen LogP contribution in [0.4, 0.5) is 13.2 Å². The molecule has 0 atom stereocenters. The van der Waals surface area contributed by atoms with E-state index in [4.69, 9.17) is 16.3 Å². The van der Waals surface area contributed by atoms with E-state index in [1.807, 2.05) is 0 Å². The van der Waals surface area contributed by atoms with Crippen molar-refractivity contribution in [2.75, 3.05) is 6.26 Å². The van der Waals surface area contributed by atoms with E-state index in [1.54, 1.807) is 6.07 Å². The third-order valence-electron chi connectivity index (χ3n) is 3.60. The van der Waals surface area contributed by atoms with Crippen LogP contribution in [0.5, 0.6) is 11.5 Å². The molecule has 1 aromatic heterocycles. The zero-order valence-corrected chi connectivity index (χ0v) is 15.7. The highest BCUT2D eigenvalue weighted by Gasteiger charge is 2.35. The van der Waals surface area contributed by atoms with Gasteiger partial charge in [0.1, 0.15) is 11.5 Å². The largest absolute Gasteiger partial charge is 0.457 e. The van der Waals surface area contributed by atoms with Gasteiger partial charge in [0.25, 0.3) is 0 Å². The number of nitrogens with zero attached hydrogens (tertiary/aromatic N) is 3. The molecule has 3 rings (SSSR count). The van der Waals surface area contributed by atoms with Crippen LogP contribution in [0.1, 0.15) is 17.0 Å². The number of hydrogen-bond donors (Lipinski definition) is 1. The van der Waals surface area contributed by atoms with Gasteiger partial charge in [0.2, 0.25) is 0 Å². The predicted molar refractivity (Wildman–Crippen MR) is 93.1 cm³/mol. The molecule has 3 aromatic rings. The Hall–Kier alpha value is -2.66. The summed E-state index contributed by atoms with van der Waals surface area (Å²) in [5.41, 5.74) is -0.612. The van der Waals surface area contributed by atoms with E-state index >= 15 is 0 Å². The van der Waals surface area contributed by atoms with Gasteiger partial charge >= 0.3 is 6.18 Å². The van der Waals surface area contributed by atoms with Crippen molar-refractivity contribution in [3.8, 4) is 11.5 Å². The maximum atomic E-state index is 13.4. The molecule has 0 radical (unpaired) electrons. The highest BCUT2D eigenvalue weighted by Crippen LogP contribution is 2.40. The Labute approximate surface area is 162 Å². The first-order valence-electron chi connectivity index (χ1n) is 7.63. The number of benzene rings is 2. The van der Waals surface area contributed by atoms with Crippen molar-refractivity contribution in [3.63, 3.8) is 0 Å². The van der Waals surface area contributed by atoms with Crippen molar-refractivity contribution in [2.24, 2.45) is 0 Å². The molecule has 2 aromatic carbocycles. The molecular weight excluding hydrogens is 421 g/mol. The third-order valence-corrected chi connectivity index (χ3v) is 4.93. The summed E-state index contributed by atoms with van der Waals surface area (Å²) >= 11 is 6.03. The van der Waals surface area contributed by atoms with E-state index < -0.39 is 32.2 Å². The number of ether oxygens (including phenoxy) is 1. The van der Waals surface area contributed by atoms with Crippen LogP contribution >= 0.6 is 11.6 Å². The SMILES string of the molecule is CS(=O)(=O)c1ccc(Oc2cc(Cl)cc(Cc3nnn[nH]3)c2)c(C(F)(F)F)c1. The first kappa shape index (κ1) is 20.1. The summed E-state index contributed by atoms with van der Waals surface area (Å²) in [6.45, 7) is 0. The minimum Gasteiger partial charge on any atom is -0.457 e. The number of rotatable bonds is 5. The topological polar surface area (TPSA) is 97.8 Å². The number of nitrogens with one attached hydrogen (secondary N) is 1. The molecule has 0 aliphatic heterocycles. The lowest BCUT2D eigenvalue weighted by molar-refractivity contribution is -0.138. The van der Waals surface area contributed by atoms with Gasteiger partial charge in [0.05, 0.1) is 10.5 Å². The molecule has 0 spiro atoms. The van der Waals surface area contributed by atoms with Crippen LogP contribution in [0.15, 0.2) is 41.3 Å². The molecule has 0 saturated heterocycles. The van der Waals surface area contributed by atoms with Gasteiger partial charge in [-0.1, -0.05) is 11.6 Å². The Morgan fingerprint density at radius 2 is 1.93 bits per heavy atom. The summed E-state index contributed by atoms with van der Waals surface area (Å²) in [4.78, 5) is -0.461. The zero-order chi connectivity index (χ0) is 20.5. The predicted octanol–water partition coefficient (Wildman–Crippen LogP) is 3.66. The summed E-state index contributed by atoms with van der Waals surface area (Å²) in [6, 6.07) is 6.96. The van der Waals surface area contributed by atoms with Crippen LogP contribution < -0.4 is 4.74 Å². The van der Waals surface area contributed by atoms with Crippen molar-refractivity contribution in [1.82, 2.24) is 20.6 Å².